The molecule has 2 rings (SSSR count). The lowest BCUT2D eigenvalue weighted by atomic mass is 9.98. The molecule has 0 spiro atoms. The standard InChI is InChI=1S/C18H21BrFN/c1-2-21-18(16-13-15(19)11-12-17(16)20)10-6-9-14-7-4-3-5-8-14/h3-5,7-8,11-13,18,21H,2,6,9-10H2,1H3. The van der Waals surface area contributed by atoms with E-state index in [0.717, 1.165) is 35.8 Å². The van der Waals surface area contributed by atoms with Crippen molar-refractivity contribution in [2.75, 3.05) is 6.54 Å². The van der Waals surface area contributed by atoms with Crippen LogP contribution in [0.1, 0.15) is 36.9 Å². The molecule has 3 heteroatoms. The van der Waals surface area contributed by atoms with E-state index in [9.17, 15) is 4.39 Å². The first-order chi connectivity index (χ1) is 10.2. The van der Waals surface area contributed by atoms with Gasteiger partial charge in [0.25, 0.3) is 0 Å². The largest absolute Gasteiger partial charge is 0.310 e. The van der Waals surface area contributed by atoms with Crippen molar-refractivity contribution in [2.24, 2.45) is 0 Å². The summed E-state index contributed by atoms with van der Waals surface area (Å²) in [4.78, 5) is 0. The van der Waals surface area contributed by atoms with E-state index in [0.29, 0.717) is 0 Å². The van der Waals surface area contributed by atoms with Gasteiger partial charge in [-0.25, -0.2) is 4.39 Å². The number of benzene rings is 2. The van der Waals surface area contributed by atoms with Crippen LogP contribution < -0.4 is 5.32 Å². The van der Waals surface area contributed by atoms with Gasteiger partial charge in [0, 0.05) is 16.1 Å². The number of rotatable bonds is 7. The van der Waals surface area contributed by atoms with Gasteiger partial charge in [-0.2, -0.15) is 0 Å². The minimum absolute atomic E-state index is 0.0659. The second-order valence-corrected chi connectivity index (χ2v) is 6.07. The van der Waals surface area contributed by atoms with E-state index in [1.165, 1.54) is 11.6 Å². The topological polar surface area (TPSA) is 12.0 Å². The summed E-state index contributed by atoms with van der Waals surface area (Å²) in [6, 6.07) is 15.6. The average molecular weight is 350 g/mol. The Bertz CT molecular complexity index is 556. The fraction of sp³-hybridized carbons (Fsp3) is 0.333. The quantitative estimate of drug-likeness (QED) is 0.718. The fourth-order valence-electron chi connectivity index (χ4n) is 2.55. The third-order valence-corrected chi connectivity index (χ3v) is 4.08. The highest BCUT2D eigenvalue weighted by Crippen LogP contribution is 2.25. The van der Waals surface area contributed by atoms with Gasteiger partial charge >= 0.3 is 0 Å². The zero-order valence-corrected chi connectivity index (χ0v) is 13.9. The van der Waals surface area contributed by atoms with Gasteiger partial charge in [0.05, 0.1) is 0 Å². The summed E-state index contributed by atoms with van der Waals surface area (Å²) in [5.74, 6) is -0.135. The SMILES string of the molecule is CCNC(CCCc1ccccc1)c1cc(Br)ccc1F. The van der Waals surface area contributed by atoms with Crippen molar-refractivity contribution in [1.29, 1.82) is 0 Å². The van der Waals surface area contributed by atoms with Crippen LogP contribution in [0, 0.1) is 5.82 Å². The Morgan fingerprint density at radius 3 is 2.62 bits per heavy atom. The van der Waals surface area contributed by atoms with E-state index in [1.807, 2.05) is 12.1 Å². The van der Waals surface area contributed by atoms with Crippen molar-refractivity contribution in [3.63, 3.8) is 0 Å². The van der Waals surface area contributed by atoms with Crippen molar-refractivity contribution in [1.82, 2.24) is 5.32 Å². The highest BCUT2D eigenvalue weighted by Gasteiger charge is 2.15. The zero-order valence-electron chi connectivity index (χ0n) is 12.3. The molecule has 0 bridgehead atoms. The number of aryl methyl sites for hydroxylation is 1. The predicted octanol–water partition coefficient (Wildman–Crippen LogP) is 5.26. The Morgan fingerprint density at radius 2 is 1.90 bits per heavy atom. The molecule has 1 N–H and O–H groups in total. The molecule has 1 unspecified atom stereocenters. The molecule has 0 saturated carbocycles. The van der Waals surface area contributed by atoms with E-state index >= 15 is 0 Å². The van der Waals surface area contributed by atoms with Crippen LogP contribution in [0.15, 0.2) is 53.0 Å². The first-order valence-corrected chi connectivity index (χ1v) is 8.22. The Hall–Kier alpha value is -1.19. The van der Waals surface area contributed by atoms with Gasteiger partial charge in [-0.3, -0.25) is 0 Å². The molecule has 0 aromatic heterocycles. The van der Waals surface area contributed by atoms with Crippen molar-refractivity contribution >= 4 is 15.9 Å². The van der Waals surface area contributed by atoms with Gasteiger partial charge in [-0.05, 0) is 49.6 Å². The van der Waals surface area contributed by atoms with Gasteiger partial charge in [-0.15, -0.1) is 0 Å². The van der Waals surface area contributed by atoms with Gasteiger partial charge in [-0.1, -0.05) is 53.2 Å². The lowest BCUT2D eigenvalue weighted by Crippen LogP contribution is -2.22. The zero-order chi connectivity index (χ0) is 15.1. The van der Waals surface area contributed by atoms with E-state index in [1.54, 1.807) is 6.07 Å². The van der Waals surface area contributed by atoms with Crippen LogP contribution in [-0.4, -0.2) is 6.54 Å². The maximum atomic E-state index is 14.0. The third kappa shape index (κ3) is 4.94. The van der Waals surface area contributed by atoms with Crippen LogP contribution in [0.25, 0.3) is 0 Å². The lowest BCUT2D eigenvalue weighted by molar-refractivity contribution is 0.472. The van der Waals surface area contributed by atoms with Gasteiger partial charge in [0.2, 0.25) is 0 Å². The summed E-state index contributed by atoms with van der Waals surface area (Å²) >= 11 is 3.43. The minimum atomic E-state index is -0.135. The second kappa shape index (κ2) is 8.30. The molecule has 0 radical (unpaired) electrons. The molecular formula is C18H21BrFN. The van der Waals surface area contributed by atoms with Crippen LogP contribution in [0.2, 0.25) is 0 Å². The molecule has 1 atom stereocenters. The smallest absolute Gasteiger partial charge is 0.128 e. The van der Waals surface area contributed by atoms with Crippen LogP contribution in [-0.2, 0) is 6.42 Å². The summed E-state index contributed by atoms with van der Waals surface area (Å²) in [7, 11) is 0. The minimum Gasteiger partial charge on any atom is -0.310 e. The maximum absolute atomic E-state index is 14.0. The average Bonchev–Trinajstić information content (AvgIpc) is 2.50. The van der Waals surface area contributed by atoms with Crippen LogP contribution in [0.3, 0.4) is 0 Å². The molecule has 1 nitrogen and oxygen atoms in total. The normalized spacial score (nSPS) is 12.3. The Labute approximate surface area is 134 Å². The van der Waals surface area contributed by atoms with Crippen molar-refractivity contribution in [3.05, 3.63) is 69.9 Å². The van der Waals surface area contributed by atoms with E-state index in [2.05, 4.69) is 52.4 Å². The summed E-state index contributed by atoms with van der Waals surface area (Å²) in [6.07, 6.45) is 2.99. The molecule has 112 valence electrons. The van der Waals surface area contributed by atoms with Gasteiger partial charge < -0.3 is 5.32 Å². The Balaban J connectivity index is 2.00. The van der Waals surface area contributed by atoms with Crippen molar-refractivity contribution in [3.8, 4) is 0 Å². The van der Waals surface area contributed by atoms with Crippen LogP contribution >= 0.6 is 15.9 Å². The molecule has 21 heavy (non-hydrogen) atoms. The molecule has 0 saturated heterocycles. The molecule has 0 heterocycles. The Morgan fingerprint density at radius 1 is 1.14 bits per heavy atom. The summed E-state index contributed by atoms with van der Waals surface area (Å²) < 4.78 is 15.0. The van der Waals surface area contributed by atoms with Gasteiger partial charge in [0.1, 0.15) is 5.82 Å². The highest BCUT2D eigenvalue weighted by atomic mass is 79.9. The molecular weight excluding hydrogens is 329 g/mol. The van der Waals surface area contributed by atoms with E-state index in [4.69, 9.17) is 0 Å². The number of halogens is 2. The number of nitrogens with one attached hydrogen (secondary N) is 1. The number of hydrogen-bond donors (Lipinski definition) is 1. The van der Waals surface area contributed by atoms with Crippen molar-refractivity contribution in [2.45, 2.75) is 32.2 Å². The highest BCUT2D eigenvalue weighted by molar-refractivity contribution is 9.10. The van der Waals surface area contributed by atoms with Crippen LogP contribution in [0.4, 0.5) is 4.39 Å². The summed E-state index contributed by atoms with van der Waals surface area (Å²) in [5, 5.41) is 3.39. The van der Waals surface area contributed by atoms with Gasteiger partial charge in [0.15, 0.2) is 0 Å². The molecule has 2 aromatic rings. The summed E-state index contributed by atoms with van der Waals surface area (Å²) in [6.45, 7) is 2.89. The molecule has 0 aliphatic rings. The van der Waals surface area contributed by atoms with Crippen LogP contribution in [0.5, 0.6) is 0 Å². The second-order valence-electron chi connectivity index (χ2n) is 5.15. The van der Waals surface area contributed by atoms with E-state index < -0.39 is 0 Å². The Kier molecular flexibility index (Phi) is 6.40. The number of hydrogen-bond acceptors (Lipinski definition) is 1. The summed E-state index contributed by atoms with van der Waals surface area (Å²) in [5.41, 5.74) is 2.08. The fourth-order valence-corrected chi connectivity index (χ4v) is 2.93. The molecule has 0 aliphatic carbocycles. The maximum Gasteiger partial charge on any atom is 0.128 e. The van der Waals surface area contributed by atoms with Crippen molar-refractivity contribution < 1.29 is 4.39 Å². The first kappa shape index (κ1) is 16.2. The van der Waals surface area contributed by atoms with E-state index in [-0.39, 0.29) is 11.9 Å². The molecule has 0 amide bonds. The molecule has 0 fully saturated rings. The first-order valence-electron chi connectivity index (χ1n) is 7.43. The molecule has 0 aliphatic heterocycles. The molecule has 2 aromatic carbocycles. The lowest BCUT2D eigenvalue weighted by Gasteiger charge is -2.19. The monoisotopic (exact) mass is 349 g/mol. The third-order valence-electron chi connectivity index (χ3n) is 3.59. The predicted molar refractivity (Wildman–Crippen MR) is 89.9 cm³/mol.